The lowest BCUT2D eigenvalue weighted by Gasteiger charge is -2.36. The van der Waals surface area contributed by atoms with Gasteiger partial charge >= 0.3 is 0 Å². The van der Waals surface area contributed by atoms with E-state index in [2.05, 4.69) is 62.8 Å². The molecule has 1 aromatic carbocycles. The summed E-state index contributed by atoms with van der Waals surface area (Å²) in [6.45, 7) is 8.33. The van der Waals surface area contributed by atoms with Crippen LogP contribution in [0, 0.1) is 5.92 Å². The van der Waals surface area contributed by atoms with Gasteiger partial charge in [0.1, 0.15) is 0 Å². The Hall–Kier alpha value is -2.87. The van der Waals surface area contributed by atoms with Gasteiger partial charge in [-0.2, -0.15) is 0 Å². The number of nitrogens with zero attached hydrogens (tertiary/aromatic N) is 6. The second-order valence-corrected chi connectivity index (χ2v) is 8.99. The molecule has 0 N–H and O–H groups in total. The number of thioether (sulfide) groups is 1. The molecule has 1 fully saturated rings. The van der Waals surface area contributed by atoms with E-state index in [0.717, 1.165) is 49.3 Å². The first-order valence-electron chi connectivity index (χ1n) is 10.7. The van der Waals surface area contributed by atoms with Crippen LogP contribution in [0.1, 0.15) is 13.8 Å². The fourth-order valence-corrected chi connectivity index (χ4v) is 4.55. The van der Waals surface area contributed by atoms with Crippen molar-refractivity contribution in [2.45, 2.75) is 25.5 Å². The van der Waals surface area contributed by atoms with Crippen LogP contribution in [0.15, 0.2) is 60.0 Å². The monoisotopic (exact) mass is 436 g/mol. The van der Waals surface area contributed by atoms with Crippen LogP contribution in [-0.4, -0.2) is 62.5 Å². The molecule has 0 radical (unpaired) electrons. The molecule has 7 nitrogen and oxygen atoms in total. The summed E-state index contributed by atoms with van der Waals surface area (Å²) >= 11 is 1.47. The number of piperazine rings is 1. The van der Waals surface area contributed by atoms with E-state index in [1.165, 1.54) is 17.4 Å². The quantitative estimate of drug-likeness (QED) is 0.529. The normalized spacial score (nSPS) is 14.3. The molecule has 0 bridgehead atoms. The van der Waals surface area contributed by atoms with Crippen molar-refractivity contribution in [2.24, 2.45) is 5.92 Å². The zero-order valence-electron chi connectivity index (χ0n) is 18.0. The van der Waals surface area contributed by atoms with Crippen LogP contribution < -0.4 is 4.90 Å². The first-order valence-corrected chi connectivity index (χ1v) is 11.6. The Balaban J connectivity index is 1.38. The number of aromatic nitrogens is 4. The number of amides is 1. The fraction of sp³-hybridized carbons (Fsp3) is 0.391. The summed E-state index contributed by atoms with van der Waals surface area (Å²) in [5.74, 6) is 1.76. The van der Waals surface area contributed by atoms with Crippen molar-refractivity contribution in [1.29, 1.82) is 0 Å². The topological polar surface area (TPSA) is 67.2 Å². The van der Waals surface area contributed by atoms with Gasteiger partial charge < -0.3 is 14.4 Å². The molecular formula is C23H28N6OS. The lowest BCUT2D eigenvalue weighted by Crippen LogP contribution is -2.49. The minimum atomic E-state index is 0.153. The Bertz CT molecular complexity index is 984. The molecule has 1 aliphatic rings. The van der Waals surface area contributed by atoms with Gasteiger partial charge in [-0.05, 0) is 30.2 Å². The number of carbonyl (C=O) groups excluding carboxylic acids is 1. The highest BCUT2D eigenvalue weighted by atomic mass is 32.2. The third-order valence-corrected chi connectivity index (χ3v) is 6.21. The number of para-hydroxylation sites is 1. The lowest BCUT2D eigenvalue weighted by molar-refractivity contribution is -0.128. The first-order chi connectivity index (χ1) is 15.1. The summed E-state index contributed by atoms with van der Waals surface area (Å²) in [7, 11) is 0. The highest BCUT2D eigenvalue weighted by Gasteiger charge is 2.23. The van der Waals surface area contributed by atoms with Gasteiger partial charge in [0.25, 0.3) is 0 Å². The van der Waals surface area contributed by atoms with Crippen LogP contribution in [0.25, 0.3) is 11.4 Å². The summed E-state index contributed by atoms with van der Waals surface area (Å²) in [5.41, 5.74) is 2.15. The van der Waals surface area contributed by atoms with Gasteiger partial charge in [-0.3, -0.25) is 9.78 Å². The smallest absolute Gasteiger partial charge is 0.233 e. The van der Waals surface area contributed by atoms with Crippen molar-refractivity contribution in [3.05, 3.63) is 54.9 Å². The van der Waals surface area contributed by atoms with Crippen LogP contribution in [0.5, 0.6) is 0 Å². The van der Waals surface area contributed by atoms with E-state index in [4.69, 9.17) is 0 Å². The van der Waals surface area contributed by atoms with Gasteiger partial charge in [0, 0.05) is 56.4 Å². The van der Waals surface area contributed by atoms with Gasteiger partial charge in [0.05, 0.1) is 5.75 Å². The molecule has 1 amide bonds. The summed E-state index contributed by atoms with van der Waals surface area (Å²) < 4.78 is 2.10. The molecule has 1 saturated heterocycles. The van der Waals surface area contributed by atoms with Crippen LogP contribution in [0.3, 0.4) is 0 Å². The third kappa shape index (κ3) is 5.25. The minimum absolute atomic E-state index is 0.153. The molecule has 8 heteroatoms. The lowest BCUT2D eigenvalue weighted by atomic mass is 10.2. The largest absolute Gasteiger partial charge is 0.368 e. The van der Waals surface area contributed by atoms with E-state index in [9.17, 15) is 4.79 Å². The second-order valence-electron chi connectivity index (χ2n) is 8.04. The Morgan fingerprint density at radius 3 is 2.48 bits per heavy atom. The van der Waals surface area contributed by atoms with Crippen LogP contribution in [-0.2, 0) is 11.3 Å². The molecular weight excluding hydrogens is 408 g/mol. The number of carbonyl (C=O) groups is 1. The molecule has 162 valence electrons. The van der Waals surface area contributed by atoms with Gasteiger partial charge in [-0.25, -0.2) is 0 Å². The Labute approximate surface area is 187 Å². The Morgan fingerprint density at radius 1 is 1.03 bits per heavy atom. The van der Waals surface area contributed by atoms with E-state index >= 15 is 0 Å². The summed E-state index contributed by atoms with van der Waals surface area (Å²) in [6, 6.07) is 14.3. The van der Waals surface area contributed by atoms with Crippen molar-refractivity contribution in [3.63, 3.8) is 0 Å². The predicted molar refractivity (Wildman–Crippen MR) is 124 cm³/mol. The van der Waals surface area contributed by atoms with Crippen LogP contribution >= 0.6 is 11.8 Å². The molecule has 31 heavy (non-hydrogen) atoms. The number of hydrogen-bond donors (Lipinski definition) is 0. The van der Waals surface area contributed by atoms with Crippen molar-refractivity contribution in [1.82, 2.24) is 24.6 Å². The molecule has 0 atom stereocenters. The zero-order chi connectivity index (χ0) is 21.6. The molecule has 3 aromatic rings. The van der Waals surface area contributed by atoms with Crippen LogP contribution in [0.4, 0.5) is 5.69 Å². The van der Waals surface area contributed by atoms with Crippen molar-refractivity contribution < 1.29 is 4.79 Å². The zero-order valence-corrected chi connectivity index (χ0v) is 18.8. The SMILES string of the molecule is CC(C)Cn1c(SCC(=O)N2CCN(c3ccccc3)CC2)nnc1-c1cccnc1. The maximum Gasteiger partial charge on any atom is 0.233 e. The molecule has 0 spiro atoms. The fourth-order valence-electron chi connectivity index (χ4n) is 3.70. The number of benzene rings is 1. The molecule has 0 saturated carbocycles. The average Bonchev–Trinajstić information content (AvgIpc) is 3.20. The second kappa shape index (κ2) is 9.96. The minimum Gasteiger partial charge on any atom is -0.368 e. The van der Waals surface area contributed by atoms with Crippen molar-refractivity contribution >= 4 is 23.4 Å². The van der Waals surface area contributed by atoms with E-state index in [1.54, 1.807) is 12.4 Å². The molecule has 2 aromatic heterocycles. The van der Waals surface area contributed by atoms with Gasteiger partial charge in [-0.15, -0.1) is 10.2 Å². The van der Waals surface area contributed by atoms with E-state index < -0.39 is 0 Å². The number of rotatable bonds is 7. The highest BCUT2D eigenvalue weighted by molar-refractivity contribution is 7.99. The molecule has 3 heterocycles. The Morgan fingerprint density at radius 2 is 1.81 bits per heavy atom. The van der Waals surface area contributed by atoms with Gasteiger partial charge in [-0.1, -0.05) is 43.8 Å². The van der Waals surface area contributed by atoms with Crippen LogP contribution in [0.2, 0.25) is 0 Å². The average molecular weight is 437 g/mol. The highest BCUT2D eigenvalue weighted by Crippen LogP contribution is 2.25. The molecule has 1 aliphatic heterocycles. The molecule has 0 aliphatic carbocycles. The summed E-state index contributed by atoms with van der Waals surface area (Å²) in [5, 5.41) is 9.56. The maximum atomic E-state index is 12.8. The third-order valence-electron chi connectivity index (χ3n) is 5.26. The maximum absolute atomic E-state index is 12.8. The number of hydrogen-bond acceptors (Lipinski definition) is 6. The number of pyridine rings is 1. The molecule has 0 unspecified atom stereocenters. The Kier molecular flexibility index (Phi) is 6.86. The molecule has 4 rings (SSSR count). The standard InChI is InChI=1S/C23H28N6OS/c1-18(2)16-29-22(19-7-6-10-24-15-19)25-26-23(29)31-17-21(30)28-13-11-27(12-14-28)20-8-4-3-5-9-20/h3-10,15,18H,11-14,16-17H2,1-2H3. The van der Waals surface area contributed by atoms with E-state index in [0.29, 0.717) is 11.7 Å². The van der Waals surface area contributed by atoms with Gasteiger partial charge in [0.2, 0.25) is 5.91 Å². The predicted octanol–water partition coefficient (Wildman–Crippen LogP) is 3.44. The number of anilines is 1. The summed E-state index contributed by atoms with van der Waals surface area (Å²) in [4.78, 5) is 21.3. The van der Waals surface area contributed by atoms with Gasteiger partial charge in [0.15, 0.2) is 11.0 Å². The van der Waals surface area contributed by atoms with E-state index in [1.807, 2.05) is 23.1 Å². The van der Waals surface area contributed by atoms with Crippen molar-refractivity contribution in [2.75, 3.05) is 36.8 Å². The van der Waals surface area contributed by atoms with E-state index in [-0.39, 0.29) is 5.91 Å². The first kappa shape index (κ1) is 21.4. The summed E-state index contributed by atoms with van der Waals surface area (Å²) in [6.07, 6.45) is 3.55. The van der Waals surface area contributed by atoms with Crippen molar-refractivity contribution in [3.8, 4) is 11.4 Å².